The molecule has 4 N–H and O–H groups in total. The summed E-state index contributed by atoms with van der Waals surface area (Å²) in [6, 6.07) is 3.18. The summed E-state index contributed by atoms with van der Waals surface area (Å²) in [5.41, 5.74) is 1.77. The van der Waals surface area contributed by atoms with Crippen LogP contribution in [0.3, 0.4) is 0 Å². The van der Waals surface area contributed by atoms with Gasteiger partial charge in [-0.15, -0.1) is 0 Å². The molecule has 38 heavy (non-hydrogen) atoms. The molecular weight excluding hydrogens is 492 g/mol. The standard InChI is InChI=1S/C27H42N4O7/c1-17(16-29-25(34)38-27(2,3)4)37-26(35)31-22(24(32)33)11-13-36-21-14-18(15-21)7-9-20-10-8-19-6-5-12-28-23(19)30-20/h8,10,17-18,21-22H,5-7,9,11-16H2,1-4H3,(H,28,30)(H,29,34)(H,31,35)(H,32,33)/t17?,18?,21?,22-/m0/s1. The summed E-state index contributed by atoms with van der Waals surface area (Å²) in [5, 5.41) is 17.7. The van der Waals surface area contributed by atoms with E-state index in [0.29, 0.717) is 5.92 Å². The number of anilines is 1. The van der Waals surface area contributed by atoms with E-state index < -0.39 is 35.9 Å². The highest BCUT2D eigenvalue weighted by atomic mass is 16.6. The lowest BCUT2D eigenvalue weighted by Gasteiger charge is -2.35. The minimum absolute atomic E-state index is 0.0332. The Labute approximate surface area is 224 Å². The van der Waals surface area contributed by atoms with E-state index >= 15 is 0 Å². The van der Waals surface area contributed by atoms with Crippen LogP contribution in [0.25, 0.3) is 0 Å². The van der Waals surface area contributed by atoms with Gasteiger partial charge in [0.05, 0.1) is 12.6 Å². The number of aryl methyl sites for hydroxylation is 2. The molecule has 1 aliphatic heterocycles. The van der Waals surface area contributed by atoms with E-state index in [1.54, 1.807) is 27.7 Å². The first-order valence-corrected chi connectivity index (χ1v) is 13.5. The number of fused-ring (bicyclic) bond motifs is 1. The number of nitrogens with zero attached hydrogens (tertiary/aromatic N) is 1. The van der Waals surface area contributed by atoms with Crippen LogP contribution < -0.4 is 16.0 Å². The van der Waals surface area contributed by atoms with Crippen LogP contribution in [0.15, 0.2) is 12.1 Å². The molecular formula is C27H42N4O7. The number of pyridine rings is 1. The summed E-state index contributed by atoms with van der Waals surface area (Å²) in [5.74, 6) is 0.439. The van der Waals surface area contributed by atoms with Crippen molar-refractivity contribution in [1.82, 2.24) is 15.6 Å². The van der Waals surface area contributed by atoms with Gasteiger partial charge in [0.25, 0.3) is 0 Å². The van der Waals surface area contributed by atoms with Crippen molar-refractivity contribution in [1.29, 1.82) is 0 Å². The molecule has 2 atom stereocenters. The minimum atomic E-state index is -1.16. The number of alkyl carbamates (subject to hydrolysis) is 2. The van der Waals surface area contributed by atoms with Crippen molar-refractivity contribution in [2.75, 3.05) is 25.0 Å². The predicted octanol–water partition coefficient (Wildman–Crippen LogP) is 3.65. The molecule has 0 spiro atoms. The molecule has 0 bridgehead atoms. The Bertz CT molecular complexity index is 959. The molecule has 1 aromatic heterocycles. The van der Waals surface area contributed by atoms with Crippen molar-refractivity contribution in [3.63, 3.8) is 0 Å². The van der Waals surface area contributed by atoms with Gasteiger partial charge in [-0.2, -0.15) is 0 Å². The Morgan fingerprint density at radius 1 is 1.21 bits per heavy atom. The summed E-state index contributed by atoms with van der Waals surface area (Å²) < 4.78 is 16.1. The number of nitrogens with one attached hydrogen (secondary N) is 3. The van der Waals surface area contributed by atoms with Gasteiger partial charge in [-0.25, -0.2) is 19.4 Å². The molecule has 1 saturated carbocycles. The zero-order chi connectivity index (χ0) is 27.7. The minimum Gasteiger partial charge on any atom is -0.480 e. The van der Waals surface area contributed by atoms with E-state index in [1.165, 1.54) is 5.56 Å². The lowest BCUT2D eigenvalue weighted by molar-refractivity contribution is -0.140. The number of rotatable bonds is 12. The molecule has 1 unspecified atom stereocenters. The second-order valence-electron chi connectivity index (χ2n) is 11.1. The third-order valence-electron chi connectivity index (χ3n) is 6.54. The maximum atomic E-state index is 12.1. The summed E-state index contributed by atoms with van der Waals surface area (Å²) in [7, 11) is 0. The van der Waals surface area contributed by atoms with E-state index in [0.717, 1.165) is 56.6 Å². The molecule has 3 rings (SSSR count). The average Bonchev–Trinajstić information content (AvgIpc) is 2.81. The Morgan fingerprint density at radius 3 is 2.68 bits per heavy atom. The van der Waals surface area contributed by atoms with Gasteiger partial charge in [-0.05, 0) is 83.8 Å². The third kappa shape index (κ3) is 10.00. The van der Waals surface area contributed by atoms with E-state index in [1.807, 2.05) is 0 Å². The molecule has 11 nitrogen and oxygen atoms in total. The SMILES string of the molecule is CC(CNC(=O)OC(C)(C)C)OC(=O)N[C@@H](CCOC1CC(CCc2ccc3c(n2)NCCC3)C1)C(=O)O. The number of carboxylic acid groups (broad SMARTS) is 1. The number of carboxylic acids is 1. The van der Waals surface area contributed by atoms with Crippen LogP contribution >= 0.6 is 0 Å². The number of ether oxygens (including phenoxy) is 3. The van der Waals surface area contributed by atoms with Gasteiger partial charge < -0.3 is 35.3 Å². The smallest absolute Gasteiger partial charge is 0.408 e. The number of hydrogen-bond acceptors (Lipinski definition) is 8. The van der Waals surface area contributed by atoms with E-state index in [-0.39, 0.29) is 25.7 Å². The molecule has 0 aromatic carbocycles. The van der Waals surface area contributed by atoms with Crippen LogP contribution in [0.4, 0.5) is 15.4 Å². The van der Waals surface area contributed by atoms with Crippen LogP contribution in [-0.4, -0.2) is 71.8 Å². The topological polar surface area (TPSA) is 148 Å². The van der Waals surface area contributed by atoms with Crippen LogP contribution in [0.1, 0.15) is 71.1 Å². The molecule has 212 valence electrons. The first kappa shape index (κ1) is 29.5. The maximum absolute atomic E-state index is 12.1. The average molecular weight is 535 g/mol. The van der Waals surface area contributed by atoms with Crippen LogP contribution in [0, 0.1) is 5.92 Å². The molecule has 2 aliphatic rings. The first-order valence-electron chi connectivity index (χ1n) is 13.5. The third-order valence-corrected chi connectivity index (χ3v) is 6.54. The fourth-order valence-corrected chi connectivity index (χ4v) is 4.46. The quantitative estimate of drug-likeness (QED) is 0.315. The summed E-state index contributed by atoms with van der Waals surface area (Å²) in [6.07, 6.45) is 4.18. The molecule has 0 saturated heterocycles. The van der Waals surface area contributed by atoms with E-state index in [4.69, 9.17) is 19.2 Å². The zero-order valence-corrected chi connectivity index (χ0v) is 22.9. The molecule has 1 aromatic rings. The molecule has 11 heteroatoms. The second-order valence-corrected chi connectivity index (χ2v) is 11.1. The van der Waals surface area contributed by atoms with Gasteiger partial charge in [0.2, 0.25) is 0 Å². The molecule has 1 aliphatic carbocycles. The second kappa shape index (κ2) is 13.6. The van der Waals surface area contributed by atoms with Gasteiger partial charge in [-0.1, -0.05) is 6.07 Å². The number of carbonyl (C=O) groups is 3. The Kier molecular flexibility index (Phi) is 10.6. The first-order chi connectivity index (χ1) is 18.0. The van der Waals surface area contributed by atoms with Gasteiger partial charge in [0.1, 0.15) is 23.6 Å². The Hall–Kier alpha value is -3.08. The summed E-state index contributed by atoms with van der Waals surface area (Å²) in [6.45, 7) is 8.05. The molecule has 2 amide bonds. The largest absolute Gasteiger partial charge is 0.480 e. The fraction of sp³-hybridized carbons (Fsp3) is 0.704. The van der Waals surface area contributed by atoms with Gasteiger partial charge >= 0.3 is 18.2 Å². The van der Waals surface area contributed by atoms with Crippen molar-refractivity contribution >= 4 is 24.0 Å². The zero-order valence-electron chi connectivity index (χ0n) is 22.9. The van der Waals surface area contributed by atoms with Gasteiger partial charge in [0, 0.05) is 25.3 Å². The van der Waals surface area contributed by atoms with Crippen LogP contribution in [0.5, 0.6) is 0 Å². The number of aliphatic carboxylic acids is 1. The van der Waals surface area contributed by atoms with Crippen molar-refractivity contribution in [3.05, 3.63) is 23.4 Å². The maximum Gasteiger partial charge on any atom is 0.408 e. The Balaban J connectivity index is 1.28. The molecule has 1 fully saturated rings. The van der Waals surface area contributed by atoms with E-state index in [2.05, 4.69) is 28.1 Å². The normalized spacial score (nSPS) is 20.1. The number of hydrogen-bond donors (Lipinski definition) is 4. The lowest BCUT2D eigenvalue weighted by atomic mass is 9.79. The lowest BCUT2D eigenvalue weighted by Crippen LogP contribution is -2.44. The summed E-state index contributed by atoms with van der Waals surface area (Å²) >= 11 is 0. The highest BCUT2D eigenvalue weighted by Gasteiger charge is 2.30. The van der Waals surface area contributed by atoms with Crippen molar-refractivity contribution in [2.45, 2.75) is 96.5 Å². The summed E-state index contributed by atoms with van der Waals surface area (Å²) in [4.78, 5) is 40.2. The highest BCUT2D eigenvalue weighted by Crippen LogP contribution is 2.34. The van der Waals surface area contributed by atoms with Gasteiger partial charge in [-0.3, -0.25) is 0 Å². The van der Waals surface area contributed by atoms with Crippen molar-refractivity contribution in [3.8, 4) is 0 Å². The molecule has 0 radical (unpaired) electrons. The van der Waals surface area contributed by atoms with Gasteiger partial charge in [0.15, 0.2) is 0 Å². The Morgan fingerprint density at radius 2 is 1.97 bits per heavy atom. The van der Waals surface area contributed by atoms with Crippen molar-refractivity contribution < 1.29 is 33.7 Å². The highest BCUT2D eigenvalue weighted by molar-refractivity contribution is 5.79. The fourth-order valence-electron chi connectivity index (χ4n) is 4.46. The van der Waals surface area contributed by atoms with Crippen molar-refractivity contribution in [2.24, 2.45) is 5.92 Å². The van der Waals surface area contributed by atoms with E-state index in [9.17, 15) is 19.5 Å². The number of amides is 2. The molecule has 2 heterocycles. The monoisotopic (exact) mass is 534 g/mol. The number of carbonyl (C=O) groups excluding carboxylic acids is 2. The number of aromatic nitrogens is 1. The van der Waals surface area contributed by atoms with Crippen LogP contribution in [0.2, 0.25) is 0 Å². The van der Waals surface area contributed by atoms with Crippen LogP contribution in [-0.2, 0) is 31.8 Å². The predicted molar refractivity (Wildman–Crippen MR) is 141 cm³/mol.